The van der Waals surface area contributed by atoms with Crippen molar-refractivity contribution >= 4 is 26.5 Å². The van der Waals surface area contributed by atoms with E-state index in [1.165, 1.54) is 38.0 Å². The van der Waals surface area contributed by atoms with Crippen LogP contribution >= 0.6 is 15.8 Å². The molecular weight excluding hydrogens is 254 g/mol. The number of hydrogen-bond donors (Lipinski definition) is 0. The summed E-state index contributed by atoms with van der Waals surface area (Å²) in [4.78, 5) is 0. The van der Waals surface area contributed by atoms with Crippen LogP contribution in [0.4, 0.5) is 0 Å². The monoisotopic (exact) mass is 278 g/mol. The number of hydrogen-bond acceptors (Lipinski definition) is 0. The molecule has 0 N–H and O–H groups in total. The van der Waals surface area contributed by atoms with Gasteiger partial charge in [-0.15, -0.1) is 0 Å². The van der Waals surface area contributed by atoms with Gasteiger partial charge in [0.1, 0.15) is 0 Å². The summed E-state index contributed by atoms with van der Waals surface area (Å²) >= 11 is 0. The maximum absolute atomic E-state index is 2.49. The third kappa shape index (κ3) is 2.39. The van der Waals surface area contributed by atoms with E-state index < -0.39 is 0 Å². The van der Waals surface area contributed by atoms with Gasteiger partial charge in [0.15, 0.2) is 0 Å². The van der Waals surface area contributed by atoms with Crippen LogP contribution in [-0.4, -0.2) is 23.6 Å². The molecule has 0 bridgehead atoms. The summed E-state index contributed by atoms with van der Waals surface area (Å²) < 4.78 is 0. The standard InChI is InChI=1S/C16H24P2/c1-13-9-10-14(2)18(13)16-8-4-3-7-15(16)17-11-5-6-12-17/h3-4,7-8,13-14H,5-6,9-12H2,1-2H3/t13-,14+,18?. The van der Waals surface area contributed by atoms with E-state index in [2.05, 4.69) is 38.1 Å². The van der Waals surface area contributed by atoms with E-state index in [0.29, 0.717) is 0 Å². The van der Waals surface area contributed by atoms with Crippen molar-refractivity contribution in [1.29, 1.82) is 0 Å². The fraction of sp³-hybridized carbons (Fsp3) is 0.625. The molecule has 0 aromatic heterocycles. The molecule has 1 unspecified atom stereocenters. The predicted molar refractivity (Wildman–Crippen MR) is 86.7 cm³/mol. The van der Waals surface area contributed by atoms with Gasteiger partial charge in [0, 0.05) is 0 Å². The Morgan fingerprint density at radius 1 is 0.889 bits per heavy atom. The fourth-order valence-corrected chi connectivity index (χ4v) is 10.2. The van der Waals surface area contributed by atoms with Crippen molar-refractivity contribution in [2.75, 3.05) is 12.3 Å². The zero-order valence-electron chi connectivity index (χ0n) is 11.6. The molecule has 0 radical (unpaired) electrons. The summed E-state index contributed by atoms with van der Waals surface area (Å²) in [5.74, 6) is 0. The molecule has 0 spiro atoms. The molecule has 1 aromatic rings. The number of benzene rings is 1. The van der Waals surface area contributed by atoms with Gasteiger partial charge in [-0.2, -0.15) is 0 Å². The van der Waals surface area contributed by atoms with Gasteiger partial charge in [-0.25, -0.2) is 0 Å². The van der Waals surface area contributed by atoms with Crippen LogP contribution in [0.25, 0.3) is 0 Å². The molecule has 3 rings (SSSR count). The van der Waals surface area contributed by atoms with Gasteiger partial charge in [-0.3, -0.25) is 0 Å². The lowest BCUT2D eigenvalue weighted by Crippen LogP contribution is -2.26. The van der Waals surface area contributed by atoms with Crippen molar-refractivity contribution in [3.05, 3.63) is 24.3 Å². The second-order valence-corrected chi connectivity index (χ2v) is 11.4. The average Bonchev–Trinajstić information content (AvgIpc) is 3.00. The Bertz CT molecular complexity index is 399. The molecule has 0 saturated carbocycles. The van der Waals surface area contributed by atoms with Crippen LogP contribution in [0.5, 0.6) is 0 Å². The summed E-state index contributed by atoms with van der Waals surface area (Å²) in [5, 5.41) is 3.58. The van der Waals surface area contributed by atoms with Crippen molar-refractivity contribution in [1.82, 2.24) is 0 Å². The van der Waals surface area contributed by atoms with E-state index >= 15 is 0 Å². The zero-order valence-corrected chi connectivity index (χ0v) is 13.4. The molecule has 2 aliphatic rings. The lowest BCUT2D eigenvalue weighted by atomic mass is 10.2. The van der Waals surface area contributed by atoms with E-state index in [0.717, 1.165) is 11.3 Å². The minimum Gasteiger partial charge on any atom is -0.0746 e. The van der Waals surface area contributed by atoms with Crippen LogP contribution in [0.3, 0.4) is 0 Å². The summed E-state index contributed by atoms with van der Waals surface area (Å²) in [6.07, 6.45) is 8.86. The lowest BCUT2D eigenvalue weighted by Gasteiger charge is -2.26. The van der Waals surface area contributed by atoms with Crippen LogP contribution in [0.1, 0.15) is 39.5 Å². The molecule has 3 atom stereocenters. The normalized spacial score (nSPS) is 33.1. The second-order valence-electron chi connectivity index (χ2n) is 5.87. The third-order valence-corrected chi connectivity index (χ3v) is 10.9. The molecule has 2 heteroatoms. The van der Waals surface area contributed by atoms with Gasteiger partial charge in [-0.1, -0.05) is 54.0 Å². The maximum Gasteiger partial charge on any atom is -0.0159 e. The number of rotatable bonds is 2. The van der Waals surface area contributed by atoms with Crippen molar-refractivity contribution in [3.8, 4) is 0 Å². The Labute approximate surface area is 114 Å². The summed E-state index contributed by atoms with van der Waals surface area (Å²) in [6.45, 7) is 4.99. The third-order valence-electron chi connectivity index (χ3n) is 4.56. The van der Waals surface area contributed by atoms with Gasteiger partial charge in [-0.05, 0) is 59.9 Å². The highest BCUT2D eigenvalue weighted by Gasteiger charge is 2.33. The van der Waals surface area contributed by atoms with Crippen molar-refractivity contribution in [3.63, 3.8) is 0 Å². The molecule has 0 nitrogen and oxygen atoms in total. The zero-order chi connectivity index (χ0) is 12.5. The predicted octanol–water partition coefficient (Wildman–Crippen LogP) is 4.27. The van der Waals surface area contributed by atoms with Crippen molar-refractivity contribution < 1.29 is 0 Å². The largest absolute Gasteiger partial charge is 0.0746 e. The molecule has 0 amide bonds. The first kappa shape index (κ1) is 13.1. The van der Waals surface area contributed by atoms with Crippen LogP contribution in [-0.2, 0) is 0 Å². The minimum absolute atomic E-state index is 0.117. The highest BCUT2D eigenvalue weighted by atomic mass is 31.1. The molecule has 2 fully saturated rings. The van der Waals surface area contributed by atoms with E-state index in [9.17, 15) is 0 Å². The molecule has 0 aliphatic carbocycles. The first-order valence-corrected chi connectivity index (χ1v) is 10.6. The van der Waals surface area contributed by atoms with Crippen LogP contribution in [0.2, 0.25) is 0 Å². The molecular formula is C16H24P2. The van der Waals surface area contributed by atoms with E-state index in [1.54, 1.807) is 10.6 Å². The molecule has 98 valence electrons. The summed E-state index contributed by atoms with van der Waals surface area (Å²) in [7, 11) is 0.318. The maximum atomic E-state index is 2.49. The van der Waals surface area contributed by atoms with E-state index in [-0.39, 0.29) is 15.8 Å². The molecule has 2 aliphatic heterocycles. The molecule has 2 heterocycles. The molecule has 1 aromatic carbocycles. The Morgan fingerprint density at radius 3 is 2.06 bits per heavy atom. The first-order valence-electron chi connectivity index (χ1n) is 7.39. The first-order chi connectivity index (χ1) is 8.77. The van der Waals surface area contributed by atoms with Gasteiger partial charge in [0.25, 0.3) is 0 Å². The Morgan fingerprint density at radius 2 is 1.44 bits per heavy atom. The smallest absolute Gasteiger partial charge is 0.0159 e. The van der Waals surface area contributed by atoms with Crippen molar-refractivity contribution in [2.45, 2.75) is 50.8 Å². The van der Waals surface area contributed by atoms with Gasteiger partial charge in [0.2, 0.25) is 0 Å². The second kappa shape index (κ2) is 5.60. The SMILES string of the molecule is C[C@@H]1CC[C@H](C)P1c1ccccc1P1CCCC1. The fourth-order valence-electron chi connectivity index (χ4n) is 3.58. The summed E-state index contributed by atoms with van der Waals surface area (Å²) in [6, 6.07) is 9.50. The quantitative estimate of drug-likeness (QED) is 0.709. The Balaban J connectivity index is 1.95. The minimum atomic E-state index is 0.117. The van der Waals surface area contributed by atoms with Crippen LogP contribution < -0.4 is 10.6 Å². The van der Waals surface area contributed by atoms with Gasteiger partial charge < -0.3 is 0 Å². The van der Waals surface area contributed by atoms with Crippen LogP contribution in [0, 0.1) is 0 Å². The van der Waals surface area contributed by atoms with Crippen molar-refractivity contribution in [2.24, 2.45) is 0 Å². The van der Waals surface area contributed by atoms with E-state index in [1.807, 2.05) is 0 Å². The highest BCUT2D eigenvalue weighted by molar-refractivity contribution is 7.73. The lowest BCUT2D eigenvalue weighted by molar-refractivity contribution is 0.777. The Kier molecular flexibility index (Phi) is 4.07. The summed E-state index contributed by atoms with van der Waals surface area (Å²) in [5.41, 5.74) is 1.91. The van der Waals surface area contributed by atoms with Crippen LogP contribution in [0.15, 0.2) is 24.3 Å². The van der Waals surface area contributed by atoms with E-state index in [4.69, 9.17) is 0 Å². The average molecular weight is 278 g/mol. The van der Waals surface area contributed by atoms with Gasteiger partial charge in [0.05, 0.1) is 0 Å². The topological polar surface area (TPSA) is 0 Å². The highest BCUT2D eigenvalue weighted by Crippen LogP contribution is 2.55. The Hall–Kier alpha value is 0.0800. The van der Waals surface area contributed by atoms with Gasteiger partial charge >= 0.3 is 0 Å². The molecule has 2 saturated heterocycles. The molecule has 18 heavy (non-hydrogen) atoms.